The van der Waals surface area contributed by atoms with Crippen LogP contribution in [0.5, 0.6) is 11.5 Å². The largest absolute Gasteiger partial charge is 0.454 e. The number of carbonyl (C=O) groups excluding carboxylic acids is 1. The Hall–Kier alpha value is -3.12. The molecule has 2 heterocycles. The van der Waals surface area contributed by atoms with Crippen LogP contribution >= 0.6 is 11.8 Å². The molecular formula is C23H20N2O3S. The normalized spacial score (nSPS) is 13.6. The molecule has 3 aromatic carbocycles. The second-order valence-corrected chi connectivity index (χ2v) is 7.99. The molecule has 146 valence electrons. The predicted octanol–water partition coefficient (Wildman–Crippen LogP) is 4.72. The third-order valence-corrected chi connectivity index (χ3v) is 6.15. The maximum absolute atomic E-state index is 12.5. The van der Waals surface area contributed by atoms with Gasteiger partial charge in [-0.1, -0.05) is 42.1 Å². The van der Waals surface area contributed by atoms with Gasteiger partial charge in [-0.25, -0.2) is 0 Å². The highest BCUT2D eigenvalue weighted by molar-refractivity contribution is 7.99. The van der Waals surface area contributed by atoms with Gasteiger partial charge in [-0.05, 0) is 42.0 Å². The molecule has 0 unspecified atom stereocenters. The lowest BCUT2D eigenvalue weighted by molar-refractivity contribution is -0.121. The van der Waals surface area contributed by atoms with Crippen molar-refractivity contribution in [2.75, 3.05) is 18.2 Å². The lowest BCUT2D eigenvalue weighted by Gasteiger charge is -2.32. The monoisotopic (exact) mass is 404 g/mol. The van der Waals surface area contributed by atoms with Crippen LogP contribution in [-0.4, -0.2) is 19.2 Å². The highest BCUT2D eigenvalue weighted by Gasteiger charge is 2.23. The van der Waals surface area contributed by atoms with Crippen LogP contribution in [0.1, 0.15) is 12.0 Å². The number of nitrogens with zero attached hydrogens (tertiary/aromatic N) is 1. The topological polar surface area (TPSA) is 50.8 Å². The smallest absolute Gasteiger partial charge is 0.231 e. The van der Waals surface area contributed by atoms with E-state index in [1.807, 2.05) is 30.3 Å². The maximum atomic E-state index is 12.5. The second-order valence-electron chi connectivity index (χ2n) is 6.90. The van der Waals surface area contributed by atoms with Crippen LogP contribution in [-0.2, 0) is 11.3 Å². The first-order valence-corrected chi connectivity index (χ1v) is 10.4. The molecule has 5 rings (SSSR count). The average Bonchev–Trinajstić information content (AvgIpc) is 3.23. The standard InChI is InChI=1S/C23H20N2O3S/c26-23(24-14-16-9-10-19-20(13-16)28-15-27-19)11-12-25-17-5-1-3-7-21(17)29-22-8-4-2-6-18(22)25/h1-10,13H,11-12,14-15H2,(H,24,26). The molecule has 0 saturated heterocycles. The second kappa shape index (κ2) is 7.72. The molecule has 0 saturated carbocycles. The molecule has 0 spiro atoms. The molecular weight excluding hydrogens is 384 g/mol. The third kappa shape index (κ3) is 3.63. The van der Waals surface area contributed by atoms with Crippen molar-refractivity contribution in [1.82, 2.24) is 5.32 Å². The summed E-state index contributed by atoms with van der Waals surface area (Å²) >= 11 is 1.77. The van der Waals surface area contributed by atoms with E-state index in [1.165, 1.54) is 9.79 Å². The van der Waals surface area contributed by atoms with Crippen molar-refractivity contribution in [2.24, 2.45) is 0 Å². The highest BCUT2D eigenvalue weighted by atomic mass is 32.2. The van der Waals surface area contributed by atoms with Gasteiger partial charge in [0.1, 0.15) is 0 Å². The number of rotatable bonds is 5. The first-order valence-electron chi connectivity index (χ1n) is 9.56. The number of anilines is 2. The SMILES string of the molecule is O=C(CCN1c2ccccc2Sc2ccccc21)NCc1ccc2c(c1)OCO2. The van der Waals surface area contributed by atoms with Crippen LogP contribution in [0.25, 0.3) is 0 Å². The van der Waals surface area contributed by atoms with Gasteiger partial charge < -0.3 is 19.7 Å². The molecule has 6 heteroatoms. The quantitative estimate of drug-likeness (QED) is 0.667. The molecule has 2 aliphatic rings. The van der Waals surface area contributed by atoms with Crippen molar-refractivity contribution in [2.45, 2.75) is 22.8 Å². The van der Waals surface area contributed by atoms with Crippen LogP contribution in [0, 0.1) is 0 Å². The Morgan fingerprint density at radius 1 is 0.931 bits per heavy atom. The number of nitrogens with one attached hydrogen (secondary N) is 1. The van der Waals surface area contributed by atoms with Crippen molar-refractivity contribution in [1.29, 1.82) is 0 Å². The van der Waals surface area contributed by atoms with Crippen LogP contribution in [0.3, 0.4) is 0 Å². The van der Waals surface area contributed by atoms with Gasteiger partial charge >= 0.3 is 0 Å². The van der Waals surface area contributed by atoms with Crippen LogP contribution in [0.2, 0.25) is 0 Å². The summed E-state index contributed by atoms with van der Waals surface area (Å²) in [5.41, 5.74) is 3.30. The fourth-order valence-corrected chi connectivity index (χ4v) is 4.67. The number of amides is 1. The molecule has 1 amide bonds. The molecule has 0 fully saturated rings. The summed E-state index contributed by atoms with van der Waals surface area (Å²) in [5, 5.41) is 3.01. The summed E-state index contributed by atoms with van der Waals surface area (Å²) in [4.78, 5) is 17.2. The number of benzene rings is 3. The number of hydrogen-bond donors (Lipinski definition) is 1. The Bertz CT molecular complexity index is 1020. The van der Waals surface area contributed by atoms with Gasteiger partial charge in [0, 0.05) is 29.3 Å². The molecule has 0 aromatic heterocycles. The summed E-state index contributed by atoms with van der Waals surface area (Å²) in [5.74, 6) is 1.51. The van der Waals surface area contributed by atoms with E-state index in [0.29, 0.717) is 19.5 Å². The maximum Gasteiger partial charge on any atom is 0.231 e. The predicted molar refractivity (Wildman–Crippen MR) is 113 cm³/mol. The van der Waals surface area contributed by atoms with Gasteiger partial charge in [-0.15, -0.1) is 0 Å². The van der Waals surface area contributed by atoms with E-state index < -0.39 is 0 Å². The van der Waals surface area contributed by atoms with E-state index in [0.717, 1.165) is 28.4 Å². The Labute approximate surface area is 173 Å². The van der Waals surface area contributed by atoms with Crippen LogP contribution in [0.4, 0.5) is 11.4 Å². The molecule has 5 nitrogen and oxygen atoms in total. The van der Waals surface area contributed by atoms with Gasteiger partial charge in [0.2, 0.25) is 12.7 Å². The number of hydrogen-bond acceptors (Lipinski definition) is 5. The molecule has 3 aromatic rings. The summed E-state index contributed by atoms with van der Waals surface area (Å²) in [6, 6.07) is 22.4. The van der Waals surface area contributed by atoms with Gasteiger partial charge in [0.05, 0.1) is 11.4 Å². The van der Waals surface area contributed by atoms with E-state index in [1.54, 1.807) is 11.8 Å². The first kappa shape index (κ1) is 17.9. The minimum absolute atomic E-state index is 0.0239. The number of carbonyl (C=O) groups is 1. The molecule has 1 N–H and O–H groups in total. The zero-order valence-electron chi connectivity index (χ0n) is 15.8. The van der Waals surface area contributed by atoms with Crippen molar-refractivity contribution in [3.63, 3.8) is 0 Å². The van der Waals surface area contributed by atoms with E-state index in [4.69, 9.17) is 9.47 Å². The zero-order chi connectivity index (χ0) is 19.6. The summed E-state index contributed by atoms with van der Waals surface area (Å²) in [7, 11) is 0. The average molecular weight is 404 g/mol. The molecule has 0 atom stereocenters. The summed E-state index contributed by atoms with van der Waals surface area (Å²) in [6.07, 6.45) is 0.415. The zero-order valence-corrected chi connectivity index (χ0v) is 16.6. The van der Waals surface area contributed by atoms with Gasteiger partial charge in [-0.3, -0.25) is 4.79 Å². The summed E-state index contributed by atoms with van der Waals surface area (Å²) < 4.78 is 10.7. The van der Waals surface area contributed by atoms with Crippen molar-refractivity contribution < 1.29 is 14.3 Å². The Balaban J connectivity index is 1.25. The van der Waals surface area contributed by atoms with E-state index in [-0.39, 0.29) is 12.7 Å². The minimum atomic E-state index is 0.0239. The van der Waals surface area contributed by atoms with Gasteiger partial charge in [-0.2, -0.15) is 0 Å². The fraction of sp³-hybridized carbons (Fsp3) is 0.174. The van der Waals surface area contributed by atoms with E-state index in [9.17, 15) is 4.79 Å². The lowest BCUT2D eigenvalue weighted by Crippen LogP contribution is -2.29. The first-order chi connectivity index (χ1) is 14.3. The third-order valence-electron chi connectivity index (χ3n) is 5.02. The summed E-state index contributed by atoms with van der Waals surface area (Å²) in [6.45, 7) is 1.35. The number of ether oxygens (including phenoxy) is 2. The van der Waals surface area contributed by atoms with Crippen molar-refractivity contribution in [3.05, 3.63) is 72.3 Å². The molecule has 0 radical (unpaired) electrons. The van der Waals surface area contributed by atoms with E-state index >= 15 is 0 Å². The number of para-hydroxylation sites is 2. The van der Waals surface area contributed by atoms with E-state index in [2.05, 4.69) is 46.6 Å². The van der Waals surface area contributed by atoms with Crippen molar-refractivity contribution in [3.8, 4) is 11.5 Å². The lowest BCUT2D eigenvalue weighted by atomic mass is 10.2. The molecule has 29 heavy (non-hydrogen) atoms. The van der Waals surface area contributed by atoms with Gasteiger partial charge in [0.15, 0.2) is 11.5 Å². The Kier molecular flexibility index (Phi) is 4.77. The Morgan fingerprint density at radius 3 is 2.38 bits per heavy atom. The highest BCUT2D eigenvalue weighted by Crippen LogP contribution is 2.47. The molecule has 0 aliphatic carbocycles. The molecule has 0 bridgehead atoms. The van der Waals surface area contributed by atoms with Crippen molar-refractivity contribution >= 4 is 29.0 Å². The molecule has 2 aliphatic heterocycles. The van der Waals surface area contributed by atoms with Crippen LogP contribution in [0.15, 0.2) is 76.5 Å². The van der Waals surface area contributed by atoms with Crippen LogP contribution < -0.4 is 19.7 Å². The Morgan fingerprint density at radius 2 is 1.62 bits per heavy atom. The number of fused-ring (bicyclic) bond motifs is 3. The minimum Gasteiger partial charge on any atom is -0.454 e. The fourth-order valence-electron chi connectivity index (χ4n) is 3.58. The van der Waals surface area contributed by atoms with Gasteiger partial charge in [0.25, 0.3) is 0 Å².